The number of fused-ring (bicyclic) bond motifs is 1. The van der Waals surface area contributed by atoms with Crippen LogP contribution in [-0.4, -0.2) is 24.5 Å². The Balaban J connectivity index is 1.98. The number of amides is 1. The van der Waals surface area contributed by atoms with Crippen molar-refractivity contribution in [3.8, 4) is 0 Å². The molecular formula is C18H21NO3. The highest BCUT2D eigenvalue weighted by Gasteiger charge is 2.14. The molecule has 0 bridgehead atoms. The maximum Gasteiger partial charge on any atom is 0.339 e. The lowest BCUT2D eigenvalue weighted by molar-refractivity contribution is -0.124. The number of esters is 1. The van der Waals surface area contributed by atoms with Crippen LogP contribution in [0.3, 0.4) is 0 Å². The van der Waals surface area contributed by atoms with Gasteiger partial charge in [0.15, 0.2) is 6.61 Å². The Bertz CT molecular complexity index is 661. The molecule has 4 nitrogen and oxygen atoms in total. The molecule has 1 N–H and O–H groups in total. The van der Waals surface area contributed by atoms with Gasteiger partial charge in [0.05, 0.1) is 5.56 Å². The van der Waals surface area contributed by atoms with E-state index < -0.39 is 5.97 Å². The van der Waals surface area contributed by atoms with Gasteiger partial charge in [0.25, 0.3) is 5.91 Å². The lowest BCUT2D eigenvalue weighted by atomic mass is 10.1. The van der Waals surface area contributed by atoms with Crippen LogP contribution in [0.5, 0.6) is 0 Å². The maximum absolute atomic E-state index is 12.2. The van der Waals surface area contributed by atoms with Crippen molar-refractivity contribution in [2.45, 2.75) is 32.7 Å². The Hall–Kier alpha value is -2.36. The molecule has 0 aliphatic heterocycles. The van der Waals surface area contributed by atoms with Crippen LogP contribution in [-0.2, 0) is 9.53 Å². The van der Waals surface area contributed by atoms with E-state index in [1.807, 2.05) is 43.3 Å². The van der Waals surface area contributed by atoms with Crippen molar-refractivity contribution in [2.75, 3.05) is 6.61 Å². The van der Waals surface area contributed by atoms with Gasteiger partial charge in [-0.15, -0.1) is 0 Å². The molecule has 0 aromatic heterocycles. The molecule has 22 heavy (non-hydrogen) atoms. The van der Waals surface area contributed by atoms with Gasteiger partial charge in [0.1, 0.15) is 0 Å². The number of hydrogen-bond acceptors (Lipinski definition) is 3. The molecule has 2 aromatic carbocycles. The van der Waals surface area contributed by atoms with E-state index in [4.69, 9.17) is 4.74 Å². The summed E-state index contributed by atoms with van der Waals surface area (Å²) in [6.07, 6.45) is 1.90. The molecule has 0 saturated heterocycles. The zero-order chi connectivity index (χ0) is 15.9. The monoisotopic (exact) mass is 299 g/mol. The summed E-state index contributed by atoms with van der Waals surface area (Å²) in [4.78, 5) is 23.9. The summed E-state index contributed by atoms with van der Waals surface area (Å²) >= 11 is 0. The molecule has 1 unspecified atom stereocenters. The molecule has 0 fully saturated rings. The van der Waals surface area contributed by atoms with Gasteiger partial charge < -0.3 is 10.1 Å². The van der Waals surface area contributed by atoms with Crippen LogP contribution in [0.4, 0.5) is 0 Å². The van der Waals surface area contributed by atoms with Crippen LogP contribution >= 0.6 is 0 Å². The first-order chi connectivity index (χ1) is 10.6. The third-order valence-electron chi connectivity index (χ3n) is 3.47. The third-order valence-corrected chi connectivity index (χ3v) is 3.47. The molecule has 1 amide bonds. The van der Waals surface area contributed by atoms with E-state index in [1.165, 1.54) is 0 Å². The molecule has 4 heteroatoms. The van der Waals surface area contributed by atoms with Gasteiger partial charge in [-0.1, -0.05) is 49.7 Å². The topological polar surface area (TPSA) is 55.4 Å². The number of carbonyl (C=O) groups excluding carboxylic acids is 2. The van der Waals surface area contributed by atoms with Crippen LogP contribution in [0.25, 0.3) is 10.8 Å². The minimum absolute atomic E-state index is 0.0914. The van der Waals surface area contributed by atoms with E-state index in [0.29, 0.717) is 5.56 Å². The number of ether oxygens (including phenoxy) is 1. The average Bonchev–Trinajstić information content (AvgIpc) is 2.52. The lowest BCUT2D eigenvalue weighted by Crippen LogP contribution is -2.35. The van der Waals surface area contributed by atoms with Crippen LogP contribution in [0, 0.1) is 0 Å². The first-order valence-corrected chi connectivity index (χ1v) is 7.56. The van der Waals surface area contributed by atoms with Crippen molar-refractivity contribution < 1.29 is 14.3 Å². The van der Waals surface area contributed by atoms with E-state index >= 15 is 0 Å². The standard InChI is InChI=1S/C18H21NO3/c1-3-7-13(2)19-17(20)12-22-18(21)16-11-6-9-14-8-4-5-10-15(14)16/h4-6,8-11,13H,3,7,12H2,1-2H3,(H,19,20). The first-order valence-electron chi connectivity index (χ1n) is 7.56. The summed E-state index contributed by atoms with van der Waals surface area (Å²) < 4.78 is 5.13. The minimum Gasteiger partial charge on any atom is -0.452 e. The van der Waals surface area contributed by atoms with Crippen molar-refractivity contribution in [3.05, 3.63) is 48.0 Å². The Morgan fingerprint density at radius 3 is 2.64 bits per heavy atom. The molecule has 0 aliphatic rings. The summed E-state index contributed by atoms with van der Waals surface area (Å²) in [6.45, 7) is 3.74. The fraction of sp³-hybridized carbons (Fsp3) is 0.333. The molecule has 2 rings (SSSR count). The Morgan fingerprint density at radius 2 is 1.86 bits per heavy atom. The number of benzene rings is 2. The van der Waals surface area contributed by atoms with Gasteiger partial charge in [-0.05, 0) is 30.2 Å². The van der Waals surface area contributed by atoms with Gasteiger partial charge in [-0.25, -0.2) is 4.79 Å². The van der Waals surface area contributed by atoms with Gasteiger partial charge in [0, 0.05) is 6.04 Å². The predicted octanol–water partition coefficient (Wildman–Crippen LogP) is 3.30. The van der Waals surface area contributed by atoms with Crippen LogP contribution in [0.1, 0.15) is 37.0 Å². The van der Waals surface area contributed by atoms with Crippen molar-refractivity contribution in [1.82, 2.24) is 5.32 Å². The molecule has 0 spiro atoms. The van der Waals surface area contributed by atoms with Gasteiger partial charge in [-0.3, -0.25) is 4.79 Å². The van der Waals surface area contributed by atoms with Crippen LogP contribution < -0.4 is 5.32 Å². The number of hydrogen-bond donors (Lipinski definition) is 1. The molecule has 0 saturated carbocycles. The van der Waals surface area contributed by atoms with Gasteiger partial charge >= 0.3 is 5.97 Å². The average molecular weight is 299 g/mol. The van der Waals surface area contributed by atoms with Crippen molar-refractivity contribution in [1.29, 1.82) is 0 Å². The molecule has 1 atom stereocenters. The normalized spacial score (nSPS) is 11.9. The van der Waals surface area contributed by atoms with Crippen molar-refractivity contribution in [2.24, 2.45) is 0 Å². The maximum atomic E-state index is 12.2. The zero-order valence-corrected chi connectivity index (χ0v) is 13.0. The Morgan fingerprint density at radius 1 is 1.14 bits per heavy atom. The second-order valence-electron chi connectivity index (χ2n) is 5.36. The SMILES string of the molecule is CCCC(C)NC(=O)COC(=O)c1cccc2ccccc12. The number of nitrogens with one attached hydrogen (secondary N) is 1. The summed E-state index contributed by atoms with van der Waals surface area (Å²) in [5.41, 5.74) is 0.479. The molecule has 0 radical (unpaired) electrons. The fourth-order valence-corrected chi connectivity index (χ4v) is 2.43. The van der Waals surface area contributed by atoms with Crippen LogP contribution in [0.2, 0.25) is 0 Å². The molecular weight excluding hydrogens is 278 g/mol. The number of rotatable bonds is 6. The lowest BCUT2D eigenvalue weighted by Gasteiger charge is -2.13. The largest absolute Gasteiger partial charge is 0.452 e. The predicted molar refractivity (Wildman–Crippen MR) is 86.7 cm³/mol. The fourth-order valence-electron chi connectivity index (χ4n) is 2.43. The summed E-state index contributed by atoms with van der Waals surface area (Å²) in [6, 6.07) is 13.1. The summed E-state index contributed by atoms with van der Waals surface area (Å²) in [5.74, 6) is -0.746. The van der Waals surface area contributed by atoms with Crippen LogP contribution in [0.15, 0.2) is 42.5 Å². The second kappa shape index (κ2) is 7.59. The molecule has 2 aromatic rings. The van der Waals surface area contributed by atoms with Crippen molar-refractivity contribution >= 4 is 22.6 Å². The molecule has 0 heterocycles. The Labute approximate surface area is 130 Å². The number of carbonyl (C=O) groups is 2. The van der Waals surface area contributed by atoms with E-state index in [1.54, 1.807) is 6.07 Å². The molecule has 0 aliphatic carbocycles. The Kier molecular flexibility index (Phi) is 5.53. The smallest absolute Gasteiger partial charge is 0.339 e. The van der Waals surface area contributed by atoms with E-state index in [2.05, 4.69) is 12.2 Å². The van der Waals surface area contributed by atoms with E-state index in [9.17, 15) is 9.59 Å². The highest BCUT2D eigenvalue weighted by molar-refractivity contribution is 6.04. The summed E-state index contributed by atoms with van der Waals surface area (Å²) in [7, 11) is 0. The summed E-state index contributed by atoms with van der Waals surface area (Å²) in [5, 5.41) is 4.61. The minimum atomic E-state index is -0.477. The van der Waals surface area contributed by atoms with E-state index in [0.717, 1.165) is 23.6 Å². The quantitative estimate of drug-likeness (QED) is 0.833. The first kappa shape index (κ1) is 16.0. The zero-order valence-electron chi connectivity index (χ0n) is 13.0. The van der Waals surface area contributed by atoms with Gasteiger partial charge in [0.2, 0.25) is 0 Å². The van der Waals surface area contributed by atoms with Gasteiger partial charge in [-0.2, -0.15) is 0 Å². The third kappa shape index (κ3) is 4.07. The second-order valence-corrected chi connectivity index (χ2v) is 5.36. The molecule has 116 valence electrons. The highest BCUT2D eigenvalue weighted by Crippen LogP contribution is 2.19. The van der Waals surface area contributed by atoms with E-state index in [-0.39, 0.29) is 18.6 Å². The van der Waals surface area contributed by atoms with Crippen molar-refractivity contribution in [3.63, 3.8) is 0 Å². The highest BCUT2D eigenvalue weighted by atomic mass is 16.5.